The van der Waals surface area contributed by atoms with Gasteiger partial charge in [0.05, 0.1) is 31.1 Å². The van der Waals surface area contributed by atoms with Gasteiger partial charge in [-0.05, 0) is 133 Å². The van der Waals surface area contributed by atoms with Gasteiger partial charge in [-0.15, -0.1) is 15.3 Å². The summed E-state index contributed by atoms with van der Waals surface area (Å²) >= 11 is 7.09. The molecule has 314 valence electrons. The summed E-state index contributed by atoms with van der Waals surface area (Å²) in [5, 5.41) is 27.8. The lowest BCUT2D eigenvalue weighted by atomic mass is 9.78. The molecule has 0 aliphatic heterocycles. The molecule has 20 heteroatoms. The highest BCUT2D eigenvalue weighted by molar-refractivity contribution is 7.90. The highest BCUT2D eigenvalue weighted by Gasteiger charge is 2.26. The zero-order chi connectivity index (χ0) is 42.3. The molecule has 5 rings (SSSR count). The van der Waals surface area contributed by atoms with Gasteiger partial charge >= 0.3 is 5.00 Å². The Morgan fingerprint density at radius 3 is 1.86 bits per heavy atom. The number of nitrogens with zero attached hydrogens (tertiary/aromatic N) is 8. The van der Waals surface area contributed by atoms with Crippen LogP contribution in [0.15, 0.2) is 121 Å². The minimum Gasteiger partial charge on any atom is -0.744 e. The lowest BCUT2D eigenvalue weighted by Gasteiger charge is -2.33. The molecular formula is C39H46ClN9O7S3. The molecule has 0 amide bonds. The first-order valence-electron chi connectivity index (χ1n) is 18.1. The molecule has 0 aliphatic carbocycles. The third-order valence-corrected chi connectivity index (χ3v) is 12.6. The van der Waals surface area contributed by atoms with Crippen LogP contribution in [0.1, 0.15) is 45.2 Å². The van der Waals surface area contributed by atoms with Crippen molar-refractivity contribution in [2.24, 2.45) is 20.5 Å². The predicted molar refractivity (Wildman–Crippen MR) is 232 cm³/mol. The van der Waals surface area contributed by atoms with Gasteiger partial charge < -0.3 is 20.5 Å². The number of hydrogen-bond acceptors (Lipinski definition) is 15. The number of likely N-dealkylation sites (N-methyl/N-ethyl adjacent to an activating group) is 1. The molecule has 59 heavy (non-hydrogen) atoms. The van der Waals surface area contributed by atoms with Crippen LogP contribution in [0.4, 0.5) is 38.6 Å². The van der Waals surface area contributed by atoms with Gasteiger partial charge in [0, 0.05) is 43.8 Å². The average molecular weight is 885 g/mol. The summed E-state index contributed by atoms with van der Waals surface area (Å²) < 4.78 is 60.0. The molecule has 0 spiro atoms. The highest BCUT2D eigenvalue weighted by atomic mass is 35.5. The van der Waals surface area contributed by atoms with E-state index >= 15 is 0 Å². The van der Waals surface area contributed by atoms with Crippen LogP contribution in [0.5, 0.6) is 0 Å². The van der Waals surface area contributed by atoms with Crippen LogP contribution >= 0.6 is 22.9 Å². The Hall–Kier alpha value is -5.18. The second-order valence-corrected chi connectivity index (χ2v) is 18.7. The topological polar surface area (TPSA) is 240 Å². The van der Waals surface area contributed by atoms with Gasteiger partial charge in [-0.2, -0.15) is 5.11 Å². The van der Waals surface area contributed by atoms with E-state index in [-0.39, 0.29) is 31.1 Å². The number of rotatable bonds is 18. The molecule has 0 bridgehead atoms. The zero-order valence-corrected chi connectivity index (χ0v) is 36.6. The fraction of sp³-hybridized carbons (Fsp3) is 0.308. The van der Waals surface area contributed by atoms with Crippen molar-refractivity contribution in [3.63, 3.8) is 0 Å². The lowest BCUT2D eigenvalue weighted by molar-refractivity contribution is -0.380. The number of halogens is 1. The largest absolute Gasteiger partial charge is 0.744 e. The average Bonchev–Trinajstić information content (AvgIpc) is 3.67. The normalized spacial score (nSPS) is 12.2. The Kier molecular flexibility index (Phi) is 15.5. The maximum absolute atomic E-state index is 12.1. The van der Waals surface area contributed by atoms with Crippen molar-refractivity contribution < 1.29 is 26.3 Å². The first-order valence-corrected chi connectivity index (χ1v) is 22.6. The van der Waals surface area contributed by atoms with Gasteiger partial charge in [-0.25, -0.2) is 21.8 Å². The van der Waals surface area contributed by atoms with E-state index < -0.39 is 30.3 Å². The van der Waals surface area contributed by atoms with Crippen molar-refractivity contribution in [2.75, 3.05) is 42.2 Å². The minimum absolute atomic E-state index is 0. The van der Waals surface area contributed by atoms with E-state index in [2.05, 4.69) is 56.0 Å². The fourth-order valence-corrected chi connectivity index (χ4v) is 8.20. The number of thiazole rings is 1. The summed E-state index contributed by atoms with van der Waals surface area (Å²) in [6, 6.07) is 23.8. The first kappa shape index (κ1) is 46.5. The third kappa shape index (κ3) is 12.4. The summed E-state index contributed by atoms with van der Waals surface area (Å²) in [5.41, 5.74) is 4.64. The van der Waals surface area contributed by atoms with Crippen LogP contribution in [0, 0.1) is 10.1 Å². The number of hydrogen-bond donors (Lipinski definition) is 1. The molecule has 4 N–H and O–H groups in total. The van der Waals surface area contributed by atoms with Gasteiger partial charge in [0.1, 0.15) is 22.0 Å². The van der Waals surface area contributed by atoms with Gasteiger partial charge in [0.2, 0.25) is 5.13 Å². The van der Waals surface area contributed by atoms with Crippen LogP contribution in [-0.2, 0) is 31.8 Å². The van der Waals surface area contributed by atoms with E-state index in [0.29, 0.717) is 49.5 Å². The fourth-order valence-electron chi connectivity index (χ4n) is 6.20. The number of quaternary nitrogens is 1. The molecular weight excluding hydrogens is 838 g/mol. The van der Waals surface area contributed by atoms with Crippen molar-refractivity contribution in [3.8, 4) is 0 Å². The third-order valence-electron chi connectivity index (χ3n) is 9.48. The van der Waals surface area contributed by atoms with Crippen LogP contribution in [0.2, 0.25) is 5.02 Å². The number of nitro groups is 1. The maximum atomic E-state index is 12.1. The van der Waals surface area contributed by atoms with Gasteiger partial charge in [0.25, 0.3) is 0 Å². The second-order valence-electron chi connectivity index (χ2n) is 13.9. The monoisotopic (exact) mass is 883 g/mol. The Morgan fingerprint density at radius 2 is 1.36 bits per heavy atom. The summed E-state index contributed by atoms with van der Waals surface area (Å²) in [7, 11) is -8.10. The molecule has 0 saturated heterocycles. The van der Waals surface area contributed by atoms with Gasteiger partial charge in [0.15, 0.2) is 9.84 Å². The Labute approximate surface area is 353 Å². The number of aromatic nitrogens is 1. The van der Waals surface area contributed by atoms with Crippen LogP contribution in [0.3, 0.4) is 0 Å². The molecule has 0 atom stereocenters. The molecule has 0 aliphatic rings. The lowest BCUT2D eigenvalue weighted by Crippen LogP contribution is -2.31. The van der Waals surface area contributed by atoms with Crippen LogP contribution in [-0.4, -0.2) is 63.7 Å². The molecule has 5 aromatic rings. The quantitative estimate of drug-likeness (QED) is 0.0378. The molecule has 0 radical (unpaired) electrons. The highest BCUT2D eigenvalue weighted by Crippen LogP contribution is 2.35. The first-order chi connectivity index (χ1) is 27.4. The second kappa shape index (κ2) is 19.7. The van der Waals surface area contributed by atoms with Gasteiger partial charge in [-0.1, -0.05) is 31.5 Å². The van der Waals surface area contributed by atoms with Crippen molar-refractivity contribution in [3.05, 3.63) is 117 Å². The summed E-state index contributed by atoms with van der Waals surface area (Å²) in [5.74, 6) is 0. The summed E-state index contributed by atoms with van der Waals surface area (Å²) in [4.78, 5) is 18.5. The smallest absolute Gasteiger partial charge is 0.345 e. The molecule has 16 nitrogen and oxygen atoms in total. The number of benzene rings is 4. The molecule has 0 fully saturated rings. The van der Waals surface area contributed by atoms with Crippen molar-refractivity contribution in [2.45, 2.75) is 55.7 Å². The van der Waals surface area contributed by atoms with Crippen molar-refractivity contribution in [1.82, 2.24) is 11.1 Å². The Bertz CT molecular complexity index is 2530. The van der Waals surface area contributed by atoms with Gasteiger partial charge in [-0.3, -0.25) is 10.1 Å². The van der Waals surface area contributed by atoms with E-state index in [1.54, 1.807) is 18.2 Å². The van der Waals surface area contributed by atoms with E-state index in [9.17, 15) is 31.5 Å². The number of sulfone groups is 1. The van der Waals surface area contributed by atoms with E-state index in [0.717, 1.165) is 52.8 Å². The molecule has 4 aromatic carbocycles. The molecule has 1 heterocycles. The standard InChI is InChI=1S/C39H43ClN8O7S3.H3N/c1-6-46(30-12-8-28(9-13-30)42-44-36-19-17-32(25-35(36)40)57(5,51)52)22-20-27-24-33(58(53,54)55)16-18-34(27)39(3,4)21-23-47(7-2)31-14-10-29(11-15-31)43-45-38-41-26-37(56-38)48(49)50;/h8-19,24-26H,6-7,20-23H2,1-5H3,(H,53,54,55);1H3. The molecule has 1 aromatic heterocycles. The maximum Gasteiger partial charge on any atom is 0.345 e. The van der Waals surface area contributed by atoms with Crippen LogP contribution < -0.4 is 16.0 Å². The Morgan fingerprint density at radius 1 is 0.797 bits per heavy atom. The SMILES string of the molecule is CCN(CCc1cc(S(=O)(=O)[O-])ccc1C(C)(C)CCN(CC)c1ccc(N=Nc2ncc([N+](=O)[O-])s2)cc1)c1ccc(N=Nc2ccc(S(C)(=O)=O)cc2Cl)cc1.[NH4+]. The predicted octanol–water partition coefficient (Wildman–Crippen LogP) is 10.5. The Balaban J connectivity index is 0.00000769. The van der Waals surface area contributed by atoms with Crippen molar-refractivity contribution in [1.29, 1.82) is 0 Å². The van der Waals surface area contributed by atoms with E-state index in [1.165, 1.54) is 30.3 Å². The van der Waals surface area contributed by atoms with E-state index in [4.69, 9.17) is 11.6 Å². The zero-order valence-electron chi connectivity index (χ0n) is 33.4. The minimum atomic E-state index is -4.69. The number of azo groups is 2. The molecule has 0 unspecified atom stereocenters. The summed E-state index contributed by atoms with van der Waals surface area (Å²) in [6.07, 6.45) is 3.43. The number of anilines is 2. The van der Waals surface area contributed by atoms with Crippen molar-refractivity contribution >= 4 is 81.5 Å². The van der Waals surface area contributed by atoms with E-state index in [1.807, 2.05) is 43.3 Å². The summed E-state index contributed by atoms with van der Waals surface area (Å²) in [6.45, 7) is 10.9. The molecule has 0 saturated carbocycles. The van der Waals surface area contributed by atoms with Crippen LogP contribution in [0.25, 0.3) is 0 Å².